The lowest BCUT2D eigenvalue weighted by molar-refractivity contribution is -0.116. The van der Waals surface area contributed by atoms with Crippen LogP contribution in [-0.4, -0.2) is 19.0 Å². The van der Waals surface area contributed by atoms with Gasteiger partial charge in [0, 0.05) is 35.9 Å². The van der Waals surface area contributed by atoms with Gasteiger partial charge in [0.05, 0.1) is 0 Å². The zero-order chi connectivity index (χ0) is 16.8. The Morgan fingerprint density at radius 2 is 1.79 bits per heavy atom. The summed E-state index contributed by atoms with van der Waals surface area (Å²) in [4.78, 5) is 14.5. The van der Waals surface area contributed by atoms with Crippen LogP contribution >= 0.6 is 15.9 Å². The SMILES string of the molecule is O=C(C=Cc1ccccc1Br)NCc1ccccc1N1CCCC1. The van der Waals surface area contributed by atoms with E-state index in [-0.39, 0.29) is 5.91 Å². The van der Waals surface area contributed by atoms with E-state index in [9.17, 15) is 4.79 Å². The molecule has 4 heteroatoms. The Bertz CT molecular complexity index is 736. The van der Waals surface area contributed by atoms with Gasteiger partial charge in [0.15, 0.2) is 0 Å². The second kappa shape index (κ2) is 8.15. The predicted molar refractivity (Wildman–Crippen MR) is 103 cm³/mol. The zero-order valence-electron chi connectivity index (χ0n) is 13.5. The van der Waals surface area contributed by atoms with Crippen molar-refractivity contribution in [1.82, 2.24) is 5.32 Å². The van der Waals surface area contributed by atoms with E-state index in [4.69, 9.17) is 0 Å². The molecule has 0 aliphatic carbocycles. The van der Waals surface area contributed by atoms with Crippen molar-refractivity contribution in [2.75, 3.05) is 18.0 Å². The third-order valence-corrected chi connectivity index (χ3v) is 4.93. The van der Waals surface area contributed by atoms with Crippen molar-refractivity contribution in [3.63, 3.8) is 0 Å². The molecule has 1 saturated heterocycles. The molecule has 0 aromatic heterocycles. The van der Waals surface area contributed by atoms with E-state index < -0.39 is 0 Å². The van der Waals surface area contributed by atoms with Crippen LogP contribution in [0, 0.1) is 0 Å². The molecule has 1 amide bonds. The Balaban J connectivity index is 1.61. The van der Waals surface area contributed by atoms with E-state index in [1.165, 1.54) is 24.1 Å². The van der Waals surface area contributed by atoms with Gasteiger partial charge in [0.25, 0.3) is 0 Å². The largest absolute Gasteiger partial charge is 0.371 e. The average Bonchev–Trinajstić information content (AvgIpc) is 3.14. The van der Waals surface area contributed by atoms with Crippen LogP contribution in [0.5, 0.6) is 0 Å². The number of para-hydroxylation sites is 1. The normalized spacial score (nSPS) is 14.3. The van der Waals surface area contributed by atoms with Gasteiger partial charge in [0.2, 0.25) is 5.91 Å². The molecule has 24 heavy (non-hydrogen) atoms. The average molecular weight is 385 g/mol. The highest BCUT2D eigenvalue weighted by molar-refractivity contribution is 9.10. The smallest absolute Gasteiger partial charge is 0.244 e. The summed E-state index contributed by atoms with van der Waals surface area (Å²) < 4.78 is 0.980. The molecule has 1 aliphatic heterocycles. The fourth-order valence-electron chi connectivity index (χ4n) is 2.94. The summed E-state index contributed by atoms with van der Waals surface area (Å²) >= 11 is 3.48. The van der Waals surface area contributed by atoms with E-state index in [2.05, 4.69) is 44.3 Å². The molecule has 2 aromatic carbocycles. The molecule has 1 aliphatic rings. The van der Waals surface area contributed by atoms with Crippen LogP contribution in [0.25, 0.3) is 6.08 Å². The number of nitrogens with one attached hydrogen (secondary N) is 1. The van der Waals surface area contributed by atoms with Gasteiger partial charge < -0.3 is 10.2 Å². The summed E-state index contributed by atoms with van der Waals surface area (Å²) in [6.45, 7) is 2.76. The monoisotopic (exact) mass is 384 g/mol. The number of amides is 1. The first-order valence-electron chi connectivity index (χ1n) is 8.27. The van der Waals surface area contributed by atoms with E-state index in [0.29, 0.717) is 6.54 Å². The highest BCUT2D eigenvalue weighted by atomic mass is 79.9. The van der Waals surface area contributed by atoms with E-state index >= 15 is 0 Å². The first kappa shape index (κ1) is 16.8. The van der Waals surface area contributed by atoms with Gasteiger partial charge in [0.1, 0.15) is 0 Å². The Morgan fingerprint density at radius 3 is 2.58 bits per heavy atom. The number of halogens is 1. The van der Waals surface area contributed by atoms with Gasteiger partial charge in [-0.3, -0.25) is 4.79 Å². The maximum atomic E-state index is 12.1. The second-order valence-corrected chi connectivity index (χ2v) is 6.75. The van der Waals surface area contributed by atoms with Crippen LogP contribution < -0.4 is 10.2 Å². The Kier molecular flexibility index (Phi) is 5.70. The lowest BCUT2D eigenvalue weighted by atomic mass is 10.1. The molecule has 0 bridgehead atoms. The van der Waals surface area contributed by atoms with Crippen molar-refractivity contribution in [1.29, 1.82) is 0 Å². The lowest BCUT2D eigenvalue weighted by Crippen LogP contribution is -2.24. The molecule has 1 heterocycles. The van der Waals surface area contributed by atoms with Gasteiger partial charge >= 0.3 is 0 Å². The summed E-state index contributed by atoms with van der Waals surface area (Å²) in [5.41, 5.74) is 3.40. The number of rotatable bonds is 5. The van der Waals surface area contributed by atoms with Crippen molar-refractivity contribution in [2.45, 2.75) is 19.4 Å². The lowest BCUT2D eigenvalue weighted by Gasteiger charge is -2.21. The number of hydrogen-bond acceptors (Lipinski definition) is 2. The van der Waals surface area contributed by atoms with Crippen LogP contribution in [-0.2, 0) is 11.3 Å². The fraction of sp³-hybridized carbons (Fsp3) is 0.250. The molecule has 0 spiro atoms. The van der Waals surface area contributed by atoms with Crippen LogP contribution in [0.15, 0.2) is 59.1 Å². The minimum atomic E-state index is -0.0815. The fourth-order valence-corrected chi connectivity index (χ4v) is 3.36. The van der Waals surface area contributed by atoms with Crippen LogP contribution in [0.4, 0.5) is 5.69 Å². The van der Waals surface area contributed by atoms with E-state index in [1.807, 2.05) is 36.4 Å². The molecule has 1 fully saturated rings. The number of anilines is 1. The summed E-state index contributed by atoms with van der Waals surface area (Å²) in [5, 5.41) is 2.98. The Morgan fingerprint density at radius 1 is 1.08 bits per heavy atom. The summed E-state index contributed by atoms with van der Waals surface area (Å²) in [6, 6.07) is 16.2. The Hall–Kier alpha value is -2.07. The maximum absolute atomic E-state index is 12.1. The summed E-state index contributed by atoms with van der Waals surface area (Å²) in [6.07, 6.45) is 5.90. The highest BCUT2D eigenvalue weighted by Crippen LogP contribution is 2.24. The number of carbonyl (C=O) groups excluding carboxylic acids is 1. The van der Waals surface area contributed by atoms with Crippen molar-refractivity contribution in [2.24, 2.45) is 0 Å². The van der Waals surface area contributed by atoms with Gasteiger partial charge in [-0.15, -0.1) is 0 Å². The first-order valence-corrected chi connectivity index (χ1v) is 9.06. The summed E-state index contributed by atoms with van der Waals surface area (Å²) in [7, 11) is 0. The van der Waals surface area contributed by atoms with Gasteiger partial charge in [-0.05, 0) is 42.2 Å². The number of carbonyl (C=O) groups is 1. The number of hydrogen-bond donors (Lipinski definition) is 1. The molecule has 3 nitrogen and oxygen atoms in total. The van der Waals surface area contributed by atoms with Gasteiger partial charge in [-0.2, -0.15) is 0 Å². The molecule has 0 unspecified atom stereocenters. The molecule has 3 rings (SSSR count). The molecule has 2 aromatic rings. The van der Waals surface area contributed by atoms with E-state index in [1.54, 1.807) is 6.08 Å². The number of benzene rings is 2. The van der Waals surface area contributed by atoms with Gasteiger partial charge in [-0.25, -0.2) is 0 Å². The highest BCUT2D eigenvalue weighted by Gasteiger charge is 2.15. The Labute approximate surface area is 151 Å². The molecule has 124 valence electrons. The predicted octanol–water partition coefficient (Wildman–Crippen LogP) is 4.38. The second-order valence-electron chi connectivity index (χ2n) is 5.90. The van der Waals surface area contributed by atoms with E-state index in [0.717, 1.165) is 23.1 Å². The molecular weight excluding hydrogens is 364 g/mol. The van der Waals surface area contributed by atoms with Crippen molar-refractivity contribution < 1.29 is 4.79 Å². The molecular formula is C20H21BrN2O. The molecule has 1 N–H and O–H groups in total. The minimum Gasteiger partial charge on any atom is -0.371 e. The third-order valence-electron chi connectivity index (χ3n) is 4.21. The molecule has 0 saturated carbocycles. The topological polar surface area (TPSA) is 32.3 Å². The van der Waals surface area contributed by atoms with Gasteiger partial charge in [-0.1, -0.05) is 52.3 Å². The maximum Gasteiger partial charge on any atom is 0.244 e. The van der Waals surface area contributed by atoms with Crippen LogP contribution in [0.3, 0.4) is 0 Å². The van der Waals surface area contributed by atoms with Crippen LogP contribution in [0.2, 0.25) is 0 Å². The quantitative estimate of drug-likeness (QED) is 0.775. The standard InChI is InChI=1S/C20H21BrN2O/c21-18-9-3-1-7-16(18)11-12-20(24)22-15-17-8-2-4-10-19(17)23-13-5-6-14-23/h1-4,7-12H,5-6,13-15H2,(H,22,24). The number of nitrogens with zero attached hydrogens (tertiary/aromatic N) is 1. The molecule has 0 atom stereocenters. The van der Waals surface area contributed by atoms with Crippen molar-refractivity contribution in [3.05, 3.63) is 70.2 Å². The summed E-state index contributed by atoms with van der Waals surface area (Å²) in [5.74, 6) is -0.0815. The molecule has 0 radical (unpaired) electrons. The first-order chi connectivity index (χ1) is 11.7. The van der Waals surface area contributed by atoms with Crippen molar-refractivity contribution >= 4 is 33.6 Å². The third kappa shape index (κ3) is 4.26. The van der Waals surface area contributed by atoms with Crippen LogP contribution in [0.1, 0.15) is 24.0 Å². The minimum absolute atomic E-state index is 0.0815. The van der Waals surface area contributed by atoms with Crippen molar-refractivity contribution in [3.8, 4) is 0 Å². The zero-order valence-corrected chi connectivity index (χ0v) is 15.1.